The van der Waals surface area contributed by atoms with Gasteiger partial charge in [0.15, 0.2) is 0 Å². The van der Waals surface area contributed by atoms with E-state index in [4.69, 9.17) is 0 Å². The molecular weight excluding hydrogens is 246 g/mol. The third-order valence-electron chi connectivity index (χ3n) is 3.44. The Morgan fingerprint density at radius 1 is 1.24 bits per heavy atom. The van der Waals surface area contributed by atoms with Crippen molar-refractivity contribution in [3.8, 4) is 0 Å². The van der Waals surface area contributed by atoms with E-state index in [-0.39, 0.29) is 0 Å². The minimum absolute atomic E-state index is 0.567. The van der Waals surface area contributed by atoms with Crippen LogP contribution in [0.5, 0.6) is 0 Å². The summed E-state index contributed by atoms with van der Waals surface area (Å²) < 4.78 is 0.567. The molecule has 1 fully saturated rings. The molecule has 0 atom stereocenters. The molecule has 3 heteroatoms. The van der Waals surface area contributed by atoms with Crippen LogP contribution in [0.2, 0.25) is 0 Å². The van der Waals surface area contributed by atoms with Crippen LogP contribution in [-0.4, -0.2) is 29.8 Å². The first kappa shape index (κ1) is 13.3. The van der Waals surface area contributed by atoms with Crippen molar-refractivity contribution in [2.45, 2.75) is 28.9 Å². The number of hydrogen-bond donors (Lipinski definition) is 1. The Kier molecular flexibility index (Phi) is 5.26. The minimum Gasteiger partial charge on any atom is -0.315 e. The van der Waals surface area contributed by atoms with Gasteiger partial charge in [0.25, 0.3) is 0 Å². The fraction of sp³-hybridized carbons (Fsp3) is 0.571. The van der Waals surface area contributed by atoms with Gasteiger partial charge in [-0.2, -0.15) is 11.8 Å². The maximum Gasteiger partial charge on any atom is 0.0281 e. The second-order valence-corrected chi connectivity index (χ2v) is 7.02. The summed E-state index contributed by atoms with van der Waals surface area (Å²) >= 11 is 3.98. The second-order valence-electron chi connectivity index (χ2n) is 4.58. The summed E-state index contributed by atoms with van der Waals surface area (Å²) in [7, 11) is 0. The first-order valence-electron chi connectivity index (χ1n) is 6.28. The Morgan fingerprint density at radius 2 is 2.00 bits per heavy atom. The van der Waals surface area contributed by atoms with Gasteiger partial charge >= 0.3 is 0 Å². The molecule has 0 aliphatic heterocycles. The molecule has 1 aliphatic carbocycles. The Labute approximate surface area is 113 Å². The van der Waals surface area contributed by atoms with E-state index < -0.39 is 0 Å². The van der Waals surface area contributed by atoms with Crippen molar-refractivity contribution in [1.82, 2.24) is 5.32 Å². The summed E-state index contributed by atoms with van der Waals surface area (Å²) in [5, 5.41) is 3.61. The maximum atomic E-state index is 3.61. The van der Waals surface area contributed by atoms with Crippen molar-refractivity contribution >= 4 is 23.5 Å². The molecule has 0 aromatic heterocycles. The molecule has 0 saturated heterocycles. The fourth-order valence-electron chi connectivity index (χ4n) is 2.10. The molecule has 17 heavy (non-hydrogen) atoms. The predicted molar refractivity (Wildman–Crippen MR) is 80.1 cm³/mol. The first-order valence-corrected chi connectivity index (χ1v) is 8.49. The third kappa shape index (κ3) is 3.94. The van der Waals surface area contributed by atoms with E-state index >= 15 is 0 Å². The lowest BCUT2D eigenvalue weighted by Crippen LogP contribution is -2.43. The largest absolute Gasteiger partial charge is 0.315 e. The van der Waals surface area contributed by atoms with Crippen LogP contribution in [-0.2, 0) is 0 Å². The SMILES string of the molecule is CSC1(CNCCSc2ccccc2)CCC1. The minimum atomic E-state index is 0.567. The lowest BCUT2D eigenvalue weighted by Gasteiger charge is -2.40. The normalized spacial score (nSPS) is 17.7. The smallest absolute Gasteiger partial charge is 0.0281 e. The average molecular weight is 267 g/mol. The molecule has 0 heterocycles. The summed E-state index contributed by atoms with van der Waals surface area (Å²) in [6.07, 6.45) is 6.46. The van der Waals surface area contributed by atoms with Gasteiger partial charge in [0.1, 0.15) is 0 Å². The van der Waals surface area contributed by atoms with Crippen molar-refractivity contribution in [2.24, 2.45) is 0 Å². The second kappa shape index (κ2) is 6.72. The van der Waals surface area contributed by atoms with Crippen LogP contribution in [0.25, 0.3) is 0 Å². The van der Waals surface area contributed by atoms with Crippen LogP contribution in [0.3, 0.4) is 0 Å². The molecule has 1 N–H and O–H groups in total. The lowest BCUT2D eigenvalue weighted by molar-refractivity contribution is 0.349. The lowest BCUT2D eigenvalue weighted by atomic mass is 9.84. The molecule has 1 aromatic rings. The van der Waals surface area contributed by atoms with Gasteiger partial charge in [-0.3, -0.25) is 0 Å². The van der Waals surface area contributed by atoms with Gasteiger partial charge < -0.3 is 5.32 Å². The van der Waals surface area contributed by atoms with E-state index in [0.717, 1.165) is 12.3 Å². The van der Waals surface area contributed by atoms with E-state index in [1.54, 1.807) is 0 Å². The van der Waals surface area contributed by atoms with Crippen molar-refractivity contribution in [1.29, 1.82) is 0 Å². The predicted octanol–water partition coefficient (Wildman–Crippen LogP) is 3.65. The van der Waals surface area contributed by atoms with E-state index in [9.17, 15) is 0 Å². The molecule has 1 aliphatic rings. The third-order valence-corrected chi connectivity index (χ3v) is 5.87. The monoisotopic (exact) mass is 267 g/mol. The number of hydrogen-bond acceptors (Lipinski definition) is 3. The first-order chi connectivity index (χ1) is 8.35. The zero-order valence-electron chi connectivity index (χ0n) is 10.4. The summed E-state index contributed by atoms with van der Waals surface area (Å²) in [5.41, 5.74) is 0. The molecule has 2 rings (SSSR count). The standard InChI is InChI=1S/C14H21NS2/c1-16-14(8-5-9-14)12-15-10-11-17-13-6-3-2-4-7-13/h2-4,6-7,15H,5,8-12H2,1H3. The van der Waals surface area contributed by atoms with Crippen LogP contribution >= 0.6 is 23.5 Å². The molecular formula is C14H21NS2. The van der Waals surface area contributed by atoms with Gasteiger partial charge in [0.05, 0.1) is 0 Å². The van der Waals surface area contributed by atoms with E-state index in [1.165, 1.54) is 30.7 Å². The molecule has 0 bridgehead atoms. The maximum absolute atomic E-state index is 3.61. The topological polar surface area (TPSA) is 12.0 Å². The molecule has 0 amide bonds. The van der Waals surface area contributed by atoms with Crippen molar-refractivity contribution in [3.63, 3.8) is 0 Å². The molecule has 1 nitrogen and oxygen atoms in total. The highest BCUT2D eigenvalue weighted by atomic mass is 32.2. The zero-order valence-corrected chi connectivity index (χ0v) is 12.1. The average Bonchev–Trinajstić information content (AvgIpc) is 2.33. The summed E-state index contributed by atoms with van der Waals surface area (Å²) in [6, 6.07) is 10.6. The van der Waals surface area contributed by atoms with Crippen molar-refractivity contribution < 1.29 is 0 Å². The molecule has 0 radical (unpaired) electrons. The van der Waals surface area contributed by atoms with E-state index in [1.807, 2.05) is 23.5 Å². The zero-order chi connectivity index (χ0) is 12.0. The Morgan fingerprint density at radius 3 is 2.59 bits per heavy atom. The van der Waals surface area contributed by atoms with E-state index in [2.05, 4.69) is 41.9 Å². The number of nitrogens with one attached hydrogen (secondary N) is 1. The molecule has 94 valence electrons. The Hall–Kier alpha value is -0.120. The number of benzene rings is 1. The summed E-state index contributed by atoms with van der Waals surface area (Å²) in [6.45, 7) is 2.30. The van der Waals surface area contributed by atoms with Crippen LogP contribution in [0.1, 0.15) is 19.3 Å². The Bertz CT molecular complexity index is 317. The van der Waals surface area contributed by atoms with Crippen LogP contribution < -0.4 is 5.32 Å². The Balaban J connectivity index is 1.58. The van der Waals surface area contributed by atoms with Gasteiger partial charge in [0.2, 0.25) is 0 Å². The summed E-state index contributed by atoms with van der Waals surface area (Å²) in [4.78, 5) is 1.37. The van der Waals surface area contributed by atoms with Gasteiger partial charge in [-0.15, -0.1) is 11.8 Å². The van der Waals surface area contributed by atoms with Gasteiger partial charge in [-0.05, 0) is 31.2 Å². The van der Waals surface area contributed by atoms with E-state index in [0.29, 0.717) is 4.75 Å². The fourth-order valence-corrected chi connectivity index (χ4v) is 3.87. The van der Waals surface area contributed by atoms with Gasteiger partial charge in [0, 0.05) is 28.5 Å². The molecule has 0 unspecified atom stereocenters. The van der Waals surface area contributed by atoms with Crippen LogP contribution in [0.4, 0.5) is 0 Å². The van der Waals surface area contributed by atoms with Crippen LogP contribution in [0.15, 0.2) is 35.2 Å². The molecule has 1 aromatic carbocycles. The molecule has 1 saturated carbocycles. The van der Waals surface area contributed by atoms with Crippen molar-refractivity contribution in [2.75, 3.05) is 25.1 Å². The highest BCUT2D eigenvalue weighted by Gasteiger charge is 2.35. The number of rotatable bonds is 7. The number of thioether (sulfide) groups is 2. The highest BCUT2D eigenvalue weighted by molar-refractivity contribution is 8.00. The summed E-state index contributed by atoms with van der Waals surface area (Å²) in [5.74, 6) is 1.16. The van der Waals surface area contributed by atoms with Gasteiger partial charge in [-0.25, -0.2) is 0 Å². The van der Waals surface area contributed by atoms with Crippen molar-refractivity contribution in [3.05, 3.63) is 30.3 Å². The van der Waals surface area contributed by atoms with Crippen LogP contribution in [0, 0.1) is 0 Å². The quantitative estimate of drug-likeness (QED) is 0.598. The molecule has 0 spiro atoms. The highest BCUT2D eigenvalue weighted by Crippen LogP contribution is 2.42. The van der Waals surface area contributed by atoms with Gasteiger partial charge in [-0.1, -0.05) is 24.6 Å².